The second kappa shape index (κ2) is 4.79. The normalized spacial score (nSPS) is 13.0. The van der Waals surface area contributed by atoms with Crippen molar-refractivity contribution in [1.82, 2.24) is 9.55 Å². The average molecular weight is 271 g/mol. The van der Waals surface area contributed by atoms with E-state index in [9.17, 15) is 0 Å². The molecule has 0 saturated carbocycles. The summed E-state index contributed by atoms with van der Waals surface area (Å²) in [6.07, 6.45) is 0.770. The Bertz CT molecular complexity index is 711. The SMILES string of the molecule is Cc1ccsc1C(N)Cc1nc2ccccc2n1C. The van der Waals surface area contributed by atoms with Crippen molar-refractivity contribution in [1.29, 1.82) is 0 Å². The summed E-state index contributed by atoms with van der Waals surface area (Å²) >= 11 is 1.73. The zero-order valence-electron chi connectivity index (χ0n) is 11.1. The summed E-state index contributed by atoms with van der Waals surface area (Å²) in [5, 5.41) is 2.10. The van der Waals surface area contributed by atoms with Gasteiger partial charge < -0.3 is 10.3 Å². The number of aryl methyl sites for hydroxylation is 2. The van der Waals surface area contributed by atoms with E-state index in [1.807, 2.05) is 18.2 Å². The molecular weight excluding hydrogens is 254 g/mol. The molecule has 3 rings (SSSR count). The van der Waals surface area contributed by atoms with Crippen LogP contribution in [-0.2, 0) is 13.5 Å². The number of benzene rings is 1. The van der Waals surface area contributed by atoms with Gasteiger partial charge in [0.1, 0.15) is 5.82 Å². The number of nitrogens with zero attached hydrogens (tertiary/aromatic N) is 2. The van der Waals surface area contributed by atoms with Crippen molar-refractivity contribution in [2.75, 3.05) is 0 Å². The van der Waals surface area contributed by atoms with E-state index in [1.54, 1.807) is 11.3 Å². The van der Waals surface area contributed by atoms with Crippen LogP contribution in [0.1, 0.15) is 22.3 Å². The molecule has 0 saturated heterocycles. The van der Waals surface area contributed by atoms with Crippen molar-refractivity contribution in [2.24, 2.45) is 12.8 Å². The number of hydrogen-bond acceptors (Lipinski definition) is 3. The molecule has 0 aliphatic heterocycles. The molecule has 1 unspecified atom stereocenters. The molecule has 2 aromatic heterocycles. The molecule has 2 N–H and O–H groups in total. The minimum Gasteiger partial charge on any atom is -0.331 e. The highest BCUT2D eigenvalue weighted by Crippen LogP contribution is 2.25. The Kier molecular flexibility index (Phi) is 3.12. The van der Waals surface area contributed by atoms with Crippen LogP contribution in [0.5, 0.6) is 0 Å². The Labute approximate surface area is 116 Å². The summed E-state index contributed by atoms with van der Waals surface area (Å²) in [4.78, 5) is 5.94. The van der Waals surface area contributed by atoms with E-state index in [-0.39, 0.29) is 6.04 Å². The van der Waals surface area contributed by atoms with E-state index in [0.29, 0.717) is 0 Å². The Morgan fingerprint density at radius 3 is 2.79 bits per heavy atom. The van der Waals surface area contributed by atoms with Gasteiger partial charge in [-0.1, -0.05) is 12.1 Å². The van der Waals surface area contributed by atoms with Gasteiger partial charge in [-0.3, -0.25) is 0 Å². The summed E-state index contributed by atoms with van der Waals surface area (Å²) in [6.45, 7) is 2.11. The van der Waals surface area contributed by atoms with Crippen molar-refractivity contribution in [2.45, 2.75) is 19.4 Å². The van der Waals surface area contributed by atoms with Gasteiger partial charge in [-0.05, 0) is 36.1 Å². The lowest BCUT2D eigenvalue weighted by Crippen LogP contribution is -2.15. The quantitative estimate of drug-likeness (QED) is 0.795. The summed E-state index contributed by atoms with van der Waals surface area (Å²) in [5.74, 6) is 1.04. The highest BCUT2D eigenvalue weighted by Gasteiger charge is 2.15. The fourth-order valence-electron chi connectivity index (χ4n) is 2.43. The van der Waals surface area contributed by atoms with Gasteiger partial charge in [-0.2, -0.15) is 0 Å². The van der Waals surface area contributed by atoms with Crippen molar-refractivity contribution in [3.63, 3.8) is 0 Å². The predicted molar refractivity (Wildman–Crippen MR) is 80.4 cm³/mol. The third-order valence-electron chi connectivity index (χ3n) is 3.52. The highest BCUT2D eigenvalue weighted by atomic mass is 32.1. The summed E-state index contributed by atoms with van der Waals surface area (Å²) in [6, 6.07) is 10.3. The zero-order valence-corrected chi connectivity index (χ0v) is 11.9. The smallest absolute Gasteiger partial charge is 0.111 e. The van der Waals surface area contributed by atoms with Crippen LogP contribution >= 0.6 is 11.3 Å². The standard InChI is InChI=1S/C15H17N3S/c1-10-7-8-19-15(10)11(16)9-14-17-12-5-3-4-6-13(12)18(14)2/h3-8,11H,9,16H2,1-2H3. The molecule has 1 atom stereocenters. The number of nitrogens with two attached hydrogens (primary N) is 1. The first-order chi connectivity index (χ1) is 9.16. The molecule has 0 fully saturated rings. The molecule has 3 nitrogen and oxygen atoms in total. The van der Waals surface area contributed by atoms with E-state index >= 15 is 0 Å². The molecule has 3 aromatic rings. The lowest BCUT2D eigenvalue weighted by molar-refractivity contribution is 0.672. The van der Waals surface area contributed by atoms with E-state index in [4.69, 9.17) is 5.73 Å². The molecule has 0 aliphatic carbocycles. The van der Waals surface area contributed by atoms with Crippen molar-refractivity contribution in [3.05, 3.63) is 52.0 Å². The van der Waals surface area contributed by atoms with Gasteiger partial charge in [-0.15, -0.1) is 11.3 Å². The van der Waals surface area contributed by atoms with Gasteiger partial charge in [-0.25, -0.2) is 4.98 Å². The van der Waals surface area contributed by atoms with Crippen LogP contribution in [-0.4, -0.2) is 9.55 Å². The third-order valence-corrected chi connectivity index (χ3v) is 4.67. The Morgan fingerprint density at radius 2 is 2.11 bits per heavy atom. The molecule has 0 amide bonds. The van der Waals surface area contributed by atoms with Crippen LogP contribution < -0.4 is 5.73 Å². The number of fused-ring (bicyclic) bond motifs is 1. The molecule has 2 heterocycles. The third kappa shape index (κ3) is 2.17. The number of thiophene rings is 1. The van der Waals surface area contributed by atoms with E-state index < -0.39 is 0 Å². The maximum Gasteiger partial charge on any atom is 0.111 e. The van der Waals surface area contributed by atoms with Crippen LogP contribution in [0.2, 0.25) is 0 Å². The molecular formula is C15H17N3S. The van der Waals surface area contributed by atoms with Gasteiger partial charge >= 0.3 is 0 Å². The average Bonchev–Trinajstić information content (AvgIpc) is 2.95. The van der Waals surface area contributed by atoms with Crippen LogP contribution in [0.25, 0.3) is 11.0 Å². The van der Waals surface area contributed by atoms with E-state index in [2.05, 4.69) is 41.0 Å². The molecule has 98 valence electrons. The Hall–Kier alpha value is -1.65. The van der Waals surface area contributed by atoms with Crippen molar-refractivity contribution < 1.29 is 0 Å². The lowest BCUT2D eigenvalue weighted by atomic mass is 10.1. The number of rotatable bonds is 3. The van der Waals surface area contributed by atoms with Gasteiger partial charge in [0.05, 0.1) is 11.0 Å². The number of hydrogen-bond donors (Lipinski definition) is 1. The van der Waals surface area contributed by atoms with E-state index in [0.717, 1.165) is 23.3 Å². The highest BCUT2D eigenvalue weighted by molar-refractivity contribution is 7.10. The minimum atomic E-state index is 0.0236. The molecule has 0 spiro atoms. The lowest BCUT2D eigenvalue weighted by Gasteiger charge is -2.11. The second-order valence-corrected chi connectivity index (χ2v) is 5.80. The van der Waals surface area contributed by atoms with Gasteiger partial charge in [0.15, 0.2) is 0 Å². The van der Waals surface area contributed by atoms with Crippen molar-refractivity contribution in [3.8, 4) is 0 Å². The first kappa shape index (κ1) is 12.4. The molecule has 4 heteroatoms. The summed E-state index contributed by atoms with van der Waals surface area (Å²) in [5.41, 5.74) is 9.79. The minimum absolute atomic E-state index is 0.0236. The summed E-state index contributed by atoms with van der Waals surface area (Å²) in [7, 11) is 2.05. The predicted octanol–water partition coefficient (Wildman–Crippen LogP) is 3.19. The largest absolute Gasteiger partial charge is 0.331 e. The monoisotopic (exact) mass is 271 g/mol. The van der Waals surface area contributed by atoms with Gasteiger partial charge in [0.2, 0.25) is 0 Å². The number of aromatic nitrogens is 2. The Morgan fingerprint density at radius 1 is 1.32 bits per heavy atom. The van der Waals surface area contributed by atoms with Crippen LogP contribution in [0, 0.1) is 6.92 Å². The topological polar surface area (TPSA) is 43.8 Å². The summed E-state index contributed by atoms with van der Waals surface area (Å²) < 4.78 is 2.14. The maximum absolute atomic E-state index is 6.32. The van der Waals surface area contributed by atoms with Gasteiger partial charge in [0, 0.05) is 24.4 Å². The fourth-order valence-corrected chi connectivity index (χ4v) is 3.36. The van der Waals surface area contributed by atoms with Crippen LogP contribution in [0.15, 0.2) is 35.7 Å². The molecule has 0 radical (unpaired) electrons. The second-order valence-electron chi connectivity index (χ2n) is 4.85. The number of imidazole rings is 1. The van der Waals surface area contributed by atoms with Crippen LogP contribution in [0.3, 0.4) is 0 Å². The molecule has 0 aliphatic rings. The maximum atomic E-state index is 6.32. The number of para-hydroxylation sites is 2. The fraction of sp³-hybridized carbons (Fsp3) is 0.267. The first-order valence-electron chi connectivity index (χ1n) is 6.36. The van der Waals surface area contributed by atoms with Crippen LogP contribution in [0.4, 0.5) is 0 Å². The zero-order chi connectivity index (χ0) is 13.4. The van der Waals surface area contributed by atoms with Crippen molar-refractivity contribution >= 4 is 22.4 Å². The molecule has 19 heavy (non-hydrogen) atoms. The Balaban J connectivity index is 1.93. The van der Waals surface area contributed by atoms with Gasteiger partial charge in [0.25, 0.3) is 0 Å². The first-order valence-corrected chi connectivity index (χ1v) is 7.24. The molecule has 1 aromatic carbocycles. The van der Waals surface area contributed by atoms with E-state index in [1.165, 1.54) is 10.4 Å². The molecule has 0 bridgehead atoms.